The minimum absolute atomic E-state index is 0.0688. The number of urea groups is 1. The van der Waals surface area contributed by atoms with Crippen molar-refractivity contribution in [3.63, 3.8) is 0 Å². The summed E-state index contributed by atoms with van der Waals surface area (Å²) in [7, 11) is 0. The molecule has 1 aliphatic heterocycles. The molecule has 7 heteroatoms. The Kier molecular flexibility index (Phi) is 7.03. The molecule has 0 saturated carbocycles. The Bertz CT molecular complexity index is 684. The highest BCUT2D eigenvalue weighted by molar-refractivity contribution is 5.95. The van der Waals surface area contributed by atoms with Gasteiger partial charge in [0.05, 0.1) is 30.9 Å². The molecule has 2 rings (SSSR count). The third-order valence-electron chi connectivity index (χ3n) is 3.76. The van der Waals surface area contributed by atoms with Crippen molar-refractivity contribution in [2.24, 2.45) is 0 Å². The summed E-state index contributed by atoms with van der Waals surface area (Å²) in [5, 5.41) is 5.40. The van der Waals surface area contributed by atoms with Gasteiger partial charge in [-0.15, -0.1) is 0 Å². The van der Waals surface area contributed by atoms with Crippen LogP contribution in [0.5, 0.6) is 5.75 Å². The lowest BCUT2D eigenvalue weighted by molar-refractivity contribution is -0.141. The van der Waals surface area contributed by atoms with Crippen molar-refractivity contribution in [2.45, 2.75) is 39.8 Å². The topological polar surface area (TPSA) is 85.9 Å². The number of ether oxygens (including phenoxy) is 3. The molecule has 2 N–H and O–H groups in total. The Labute approximate surface area is 153 Å². The van der Waals surface area contributed by atoms with Gasteiger partial charge in [0.25, 0.3) is 0 Å². The molecular weight excluding hydrogens is 336 g/mol. The van der Waals surface area contributed by atoms with E-state index in [1.807, 2.05) is 45.0 Å². The predicted molar refractivity (Wildman–Crippen MR) is 96.8 cm³/mol. The van der Waals surface area contributed by atoms with E-state index in [-0.39, 0.29) is 18.7 Å². The zero-order chi connectivity index (χ0) is 19.1. The van der Waals surface area contributed by atoms with Gasteiger partial charge in [-0.05, 0) is 45.4 Å². The molecule has 1 aromatic rings. The Morgan fingerprint density at radius 2 is 2.04 bits per heavy atom. The van der Waals surface area contributed by atoms with Crippen LogP contribution in [0.3, 0.4) is 0 Å². The number of rotatable bonds is 8. The summed E-state index contributed by atoms with van der Waals surface area (Å²) in [6.07, 6.45) is 0.0688. The number of hydrogen-bond donors (Lipinski definition) is 2. The van der Waals surface area contributed by atoms with Crippen molar-refractivity contribution in [1.82, 2.24) is 10.6 Å². The molecule has 0 radical (unpaired) electrons. The van der Waals surface area contributed by atoms with E-state index in [1.54, 1.807) is 6.92 Å². The first-order valence-electron chi connectivity index (χ1n) is 8.72. The smallest absolute Gasteiger partial charge is 0.338 e. The minimum Gasteiger partial charge on any atom is -0.494 e. The number of esters is 1. The van der Waals surface area contributed by atoms with Gasteiger partial charge >= 0.3 is 12.0 Å². The molecule has 0 fully saturated rings. The summed E-state index contributed by atoms with van der Waals surface area (Å²) in [4.78, 5) is 24.5. The van der Waals surface area contributed by atoms with Crippen LogP contribution in [0.4, 0.5) is 4.79 Å². The summed E-state index contributed by atoms with van der Waals surface area (Å²) >= 11 is 0. The number of benzene rings is 1. The molecule has 0 spiro atoms. The van der Waals surface area contributed by atoms with Crippen molar-refractivity contribution in [3.05, 3.63) is 41.1 Å². The summed E-state index contributed by atoms with van der Waals surface area (Å²) < 4.78 is 16.2. The molecule has 26 heavy (non-hydrogen) atoms. The maximum atomic E-state index is 12.6. The Balaban J connectivity index is 2.20. The van der Waals surface area contributed by atoms with Crippen molar-refractivity contribution >= 4 is 12.0 Å². The van der Waals surface area contributed by atoms with E-state index in [2.05, 4.69) is 10.6 Å². The highest BCUT2D eigenvalue weighted by Gasteiger charge is 2.32. The number of allylic oxidation sites excluding steroid dienone is 1. The van der Waals surface area contributed by atoms with Gasteiger partial charge in [-0.3, -0.25) is 0 Å². The van der Waals surface area contributed by atoms with E-state index in [0.717, 1.165) is 5.56 Å². The number of carbonyl (C=O) groups excluding carboxylic acids is 2. The molecule has 1 aliphatic rings. The number of carbonyl (C=O) groups is 2. The lowest BCUT2D eigenvalue weighted by Gasteiger charge is -2.28. The molecule has 2 amide bonds. The van der Waals surface area contributed by atoms with Crippen molar-refractivity contribution in [2.75, 3.05) is 19.8 Å². The van der Waals surface area contributed by atoms with Gasteiger partial charge in [-0.2, -0.15) is 0 Å². The first kappa shape index (κ1) is 19.8. The summed E-state index contributed by atoms with van der Waals surface area (Å²) in [5.74, 6) is 0.183. The van der Waals surface area contributed by atoms with Crippen LogP contribution < -0.4 is 15.4 Å². The molecule has 0 bridgehead atoms. The molecule has 142 valence electrons. The summed E-state index contributed by atoms with van der Waals surface area (Å²) in [6.45, 7) is 8.40. The van der Waals surface area contributed by atoms with E-state index in [4.69, 9.17) is 14.2 Å². The van der Waals surface area contributed by atoms with E-state index in [0.29, 0.717) is 30.2 Å². The zero-order valence-corrected chi connectivity index (χ0v) is 15.6. The fourth-order valence-electron chi connectivity index (χ4n) is 2.66. The quantitative estimate of drug-likeness (QED) is 0.548. The van der Waals surface area contributed by atoms with Crippen molar-refractivity contribution in [3.8, 4) is 5.75 Å². The zero-order valence-electron chi connectivity index (χ0n) is 15.6. The Morgan fingerprint density at radius 3 is 2.73 bits per heavy atom. The second-order valence-electron chi connectivity index (χ2n) is 6.13. The fourth-order valence-corrected chi connectivity index (χ4v) is 2.66. The Hall–Kier alpha value is -2.54. The van der Waals surface area contributed by atoms with E-state index >= 15 is 0 Å². The monoisotopic (exact) mass is 362 g/mol. The second kappa shape index (κ2) is 9.24. The van der Waals surface area contributed by atoms with Crippen LogP contribution in [-0.2, 0) is 14.3 Å². The largest absolute Gasteiger partial charge is 0.494 e. The summed E-state index contributed by atoms with van der Waals surface area (Å²) in [6, 6.07) is 6.32. The van der Waals surface area contributed by atoms with Crippen LogP contribution in [0.1, 0.15) is 39.3 Å². The lowest BCUT2D eigenvalue weighted by Crippen LogP contribution is -2.45. The van der Waals surface area contributed by atoms with Gasteiger partial charge < -0.3 is 24.8 Å². The molecule has 1 aromatic carbocycles. The lowest BCUT2D eigenvalue weighted by atomic mass is 9.95. The van der Waals surface area contributed by atoms with Gasteiger partial charge in [0.2, 0.25) is 0 Å². The minimum atomic E-state index is -0.609. The highest BCUT2D eigenvalue weighted by Crippen LogP contribution is 2.29. The summed E-state index contributed by atoms with van der Waals surface area (Å²) in [5.41, 5.74) is 1.58. The molecule has 1 heterocycles. The van der Waals surface area contributed by atoms with Crippen molar-refractivity contribution in [1.29, 1.82) is 0 Å². The molecular formula is C19H26N2O5. The molecule has 1 unspecified atom stereocenters. The van der Waals surface area contributed by atoms with Crippen LogP contribution in [0.25, 0.3) is 0 Å². The maximum absolute atomic E-state index is 12.6. The van der Waals surface area contributed by atoms with Crippen LogP contribution >= 0.6 is 0 Å². The number of amides is 2. The number of hydrogen-bond acceptors (Lipinski definition) is 5. The number of nitrogens with one attached hydrogen (secondary N) is 2. The molecule has 0 aromatic heterocycles. The maximum Gasteiger partial charge on any atom is 0.338 e. The fraction of sp³-hybridized carbons (Fsp3) is 0.474. The Morgan fingerprint density at radius 1 is 1.27 bits per heavy atom. The molecule has 7 nitrogen and oxygen atoms in total. The van der Waals surface area contributed by atoms with Gasteiger partial charge in [0.15, 0.2) is 0 Å². The van der Waals surface area contributed by atoms with E-state index < -0.39 is 12.0 Å². The normalized spacial score (nSPS) is 17.0. The standard InChI is InChI=1S/C19H26N2O5/c1-5-24-15-8-6-7-14(11-15)17-16(13(4)20-19(23)21-17)18(22)26-10-9-25-12(2)3/h6-8,11-12,17H,5,9-10H2,1-4H3,(H2,20,21,23). The van der Waals surface area contributed by atoms with Gasteiger partial charge in [0.1, 0.15) is 12.4 Å². The average Bonchev–Trinajstić information content (AvgIpc) is 2.58. The van der Waals surface area contributed by atoms with E-state index in [1.165, 1.54) is 0 Å². The third kappa shape index (κ3) is 5.23. The molecule has 0 aliphatic carbocycles. The first-order chi connectivity index (χ1) is 12.4. The average molecular weight is 362 g/mol. The second-order valence-corrected chi connectivity index (χ2v) is 6.13. The van der Waals surface area contributed by atoms with Crippen LogP contribution in [0.2, 0.25) is 0 Å². The third-order valence-corrected chi connectivity index (χ3v) is 3.76. The van der Waals surface area contributed by atoms with Gasteiger partial charge in [0, 0.05) is 5.70 Å². The van der Waals surface area contributed by atoms with Gasteiger partial charge in [-0.25, -0.2) is 9.59 Å². The predicted octanol–water partition coefficient (Wildman–Crippen LogP) is 2.68. The van der Waals surface area contributed by atoms with Crippen LogP contribution in [0.15, 0.2) is 35.5 Å². The molecule has 1 atom stereocenters. The van der Waals surface area contributed by atoms with Crippen LogP contribution in [0, 0.1) is 0 Å². The van der Waals surface area contributed by atoms with Gasteiger partial charge in [-0.1, -0.05) is 12.1 Å². The highest BCUT2D eigenvalue weighted by atomic mass is 16.6. The van der Waals surface area contributed by atoms with E-state index in [9.17, 15) is 9.59 Å². The van der Waals surface area contributed by atoms with Crippen LogP contribution in [-0.4, -0.2) is 37.9 Å². The SMILES string of the molecule is CCOc1cccc(C2NC(=O)NC(C)=C2C(=O)OCCOC(C)C)c1. The first-order valence-corrected chi connectivity index (χ1v) is 8.72. The van der Waals surface area contributed by atoms with Crippen molar-refractivity contribution < 1.29 is 23.8 Å². The molecule has 0 saturated heterocycles.